The molecule has 0 aliphatic rings. The molecule has 0 aliphatic carbocycles. The summed E-state index contributed by atoms with van der Waals surface area (Å²) in [6, 6.07) is 0. The number of nitrogens with one attached hydrogen (secondary N) is 1. The van der Waals surface area contributed by atoms with Gasteiger partial charge >= 0.3 is 0 Å². The summed E-state index contributed by atoms with van der Waals surface area (Å²) in [6.45, 7) is 2.60. The monoisotopic (exact) mass is 234 g/mol. The summed E-state index contributed by atoms with van der Waals surface area (Å²) in [6.07, 6.45) is 2.48. The van der Waals surface area contributed by atoms with Crippen LogP contribution in [0.4, 0.5) is 5.95 Å². The maximum absolute atomic E-state index is 11.1. The smallest absolute Gasteiger partial charge is 0.220 e. The minimum absolute atomic E-state index is 0.145. The van der Waals surface area contributed by atoms with Crippen LogP contribution in [-0.4, -0.2) is 30.5 Å². The average molecular weight is 234 g/mol. The van der Waals surface area contributed by atoms with Crippen molar-refractivity contribution >= 4 is 29.0 Å². The highest BCUT2D eigenvalue weighted by atomic mass is 32.2. The molecule has 0 aliphatic heterocycles. The highest BCUT2D eigenvalue weighted by Crippen LogP contribution is 2.05. The Bertz CT molecular complexity index is 383. The first kappa shape index (κ1) is 11.4. The van der Waals surface area contributed by atoms with Gasteiger partial charge in [0, 0.05) is 28.9 Å². The summed E-state index contributed by atoms with van der Waals surface area (Å²) in [5.41, 5.74) is 5.58. The van der Waals surface area contributed by atoms with Gasteiger partial charge in [-0.2, -0.15) is 0 Å². The van der Waals surface area contributed by atoms with Crippen LogP contribution in [0, 0.1) is 4.77 Å². The number of nitrogens with two attached hydrogens (primary N) is 1. The van der Waals surface area contributed by atoms with Gasteiger partial charge in [-0.1, -0.05) is 6.92 Å². The summed E-state index contributed by atoms with van der Waals surface area (Å²) in [5.74, 6) is 0.379. The van der Waals surface area contributed by atoms with E-state index in [1.54, 1.807) is 10.8 Å². The molecule has 3 N–H and O–H groups in total. The summed E-state index contributed by atoms with van der Waals surface area (Å²) in [5, 5.41) is 6.54. The Morgan fingerprint density at radius 1 is 1.79 bits per heavy atom. The second-order valence-electron chi connectivity index (χ2n) is 3.14. The van der Waals surface area contributed by atoms with Crippen molar-refractivity contribution in [2.75, 3.05) is 12.0 Å². The van der Waals surface area contributed by atoms with E-state index in [0.29, 0.717) is 17.3 Å². The molecule has 1 rings (SSSR count). The van der Waals surface area contributed by atoms with Crippen molar-refractivity contribution in [2.45, 2.75) is 25.1 Å². The largest absolute Gasteiger partial charge is 0.368 e. The number of H-pyrrole nitrogens is 1. The van der Waals surface area contributed by atoms with Crippen molar-refractivity contribution in [1.82, 2.24) is 14.8 Å². The van der Waals surface area contributed by atoms with Crippen LogP contribution >= 0.6 is 12.2 Å². The van der Waals surface area contributed by atoms with Crippen LogP contribution in [0.1, 0.15) is 13.3 Å². The Labute approximate surface area is 90.2 Å². The molecule has 0 aromatic carbocycles. The molecular weight excluding hydrogens is 220 g/mol. The molecule has 2 atom stereocenters. The zero-order chi connectivity index (χ0) is 10.7. The van der Waals surface area contributed by atoms with Gasteiger partial charge in [-0.3, -0.25) is 8.78 Å². The number of nitrogens with zero attached hydrogens (tertiary/aromatic N) is 2. The summed E-state index contributed by atoms with van der Waals surface area (Å²) < 4.78 is 13.3. The van der Waals surface area contributed by atoms with Crippen molar-refractivity contribution in [3.63, 3.8) is 0 Å². The molecule has 0 amide bonds. The molecular formula is C7H14N4OS2. The van der Waals surface area contributed by atoms with Crippen molar-refractivity contribution < 1.29 is 4.21 Å². The number of aromatic amines is 1. The zero-order valence-corrected chi connectivity index (χ0v) is 9.82. The standard InChI is InChI=1S/C7H14N4OS2/c1-5(14(2)12)3-4-11-6(8)9-10-7(11)13/h5H,3-4H2,1-2H3,(H2,8,9)(H,10,13). The molecule has 80 valence electrons. The van der Waals surface area contributed by atoms with Gasteiger partial charge in [0.1, 0.15) is 0 Å². The third-order valence-corrected chi connectivity index (χ3v) is 3.79. The minimum Gasteiger partial charge on any atom is -0.368 e. The van der Waals surface area contributed by atoms with Crippen LogP contribution in [0.3, 0.4) is 0 Å². The summed E-state index contributed by atoms with van der Waals surface area (Å²) in [7, 11) is -0.804. The Morgan fingerprint density at radius 2 is 2.43 bits per heavy atom. The molecule has 1 heterocycles. The van der Waals surface area contributed by atoms with Crippen molar-refractivity contribution in [1.29, 1.82) is 0 Å². The predicted molar refractivity (Wildman–Crippen MR) is 60.0 cm³/mol. The molecule has 0 spiro atoms. The molecule has 1 aromatic heterocycles. The number of nitrogen functional groups attached to an aromatic ring is 1. The lowest BCUT2D eigenvalue weighted by Gasteiger charge is -2.08. The first-order valence-electron chi connectivity index (χ1n) is 4.25. The third kappa shape index (κ3) is 2.65. The van der Waals surface area contributed by atoms with Gasteiger partial charge in [-0.15, -0.1) is 5.10 Å². The SMILES string of the molecule is CC(CCn1c(N)n[nH]c1=S)S(C)=O. The Morgan fingerprint density at radius 3 is 2.86 bits per heavy atom. The lowest BCUT2D eigenvalue weighted by Crippen LogP contribution is -2.14. The zero-order valence-electron chi connectivity index (χ0n) is 8.19. The second kappa shape index (κ2) is 4.70. The van der Waals surface area contributed by atoms with Crippen molar-refractivity contribution in [2.24, 2.45) is 0 Å². The molecule has 14 heavy (non-hydrogen) atoms. The first-order chi connectivity index (χ1) is 6.52. The van der Waals surface area contributed by atoms with Crippen LogP contribution < -0.4 is 5.73 Å². The third-order valence-electron chi connectivity index (χ3n) is 2.11. The van der Waals surface area contributed by atoms with Crippen LogP contribution in [0.15, 0.2) is 0 Å². The lowest BCUT2D eigenvalue weighted by molar-refractivity contribution is 0.618. The van der Waals surface area contributed by atoms with Crippen molar-refractivity contribution in [3.8, 4) is 0 Å². The second-order valence-corrected chi connectivity index (χ2v) is 5.33. The Hall–Kier alpha value is -0.690. The molecule has 0 radical (unpaired) electrons. The van der Waals surface area contributed by atoms with Gasteiger partial charge in [0.2, 0.25) is 5.95 Å². The Balaban J connectivity index is 2.62. The van der Waals surface area contributed by atoms with Gasteiger partial charge in [-0.05, 0) is 18.6 Å². The molecule has 0 saturated heterocycles. The van der Waals surface area contributed by atoms with E-state index in [0.717, 1.165) is 6.42 Å². The molecule has 1 aromatic rings. The predicted octanol–water partition coefficient (Wildman–Crippen LogP) is 0.680. The van der Waals surface area contributed by atoms with Crippen LogP contribution in [0.5, 0.6) is 0 Å². The number of aromatic nitrogens is 3. The van der Waals surface area contributed by atoms with Gasteiger partial charge in [0.25, 0.3) is 0 Å². The molecule has 2 unspecified atom stereocenters. The van der Waals surface area contributed by atoms with E-state index in [-0.39, 0.29) is 5.25 Å². The molecule has 0 saturated carbocycles. The van der Waals surface area contributed by atoms with Gasteiger partial charge < -0.3 is 5.73 Å². The van der Waals surface area contributed by atoms with E-state index in [2.05, 4.69) is 10.2 Å². The number of hydrogen-bond acceptors (Lipinski definition) is 4. The highest BCUT2D eigenvalue weighted by Gasteiger charge is 2.08. The fourth-order valence-electron chi connectivity index (χ4n) is 1.02. The van der Waals surface area contributed by atoms with Crippen LogP contribution in [-0.2, 0) is 17.3 Å². The first-order valence-corrected chi connectivity index (χ1v) is 6.28. The van der Waals surface area contributed by atoms with Gasteiger partial charge in [0.15, 0.2) is 4.77 Å². The highest BCUT2D eigenvalue weighted by molar-refractivity contribution is 7.84. The fraction of sp³-hybridized carbons (Fsp3) is 0.714. The van der Waals surface area contributed by atoms with Crippen molar-refractivity contribution in [3.05, 3.63) is 4.77 Å². The average Bonchev–Trinajstić information content (AvgIpc) is 2.43. The van der Waals surface area contributed by atoms with E-state index >= 15 is 0 Å². The van der Waals surface area contributed by atoms with Crippen LogP contribution in [0.2, 0.25) is 0 Å². The van der Waals surface area contributed by atoms with E-state index in [1.165, 1.54) is 0 Å². The van der Waals surface area contributed by atoms with E-state index < -0.39 is 10.8 Å². The van der Waals surface area contributed by atoms with Gasteiger partial charge in [0.05, 0.1) is 0 Å². The quantitative estimate of drug-likeness (QED) is 0.751. The van der Waals surface area contributed by atoms with E-state index in [9.17, 15) is 4.21 Å². The number of hydrogen-bond donors (Lipinski definition) is 2. The summed E-state index contributed by atoms with van der Waals surface area (Å²) >= 11 is 4.98. The normalized spacial score (nSPS) is 15.3. The fourth-order valence-corrected chi connectivity index (χ4v) is 1.69. The topological polar surface area (TPSA) is 76.7 Å². The number of anilines is 1. The summed E-state index contributed by atoms with van der Waals surface area (Å²) in [4.78, 5) is 0. The molecule has 7 heteroatoms. The number of rotatable bonds is 4. The van der Waals surface area contributed by atoms with Crippen LogP contribution in [0.25, 0.3) is 0 Å². The molecule has 0 fully saturated rings. The maximum Gasteiger partial charge on any atom is 0.220 e. The molecule has 0 bridgehead atoms. The van der Waals surface area contributed by atoms with E-state index in [4.69, 9.17) is 18.0 Å². The minimum atomic E-state index is -0.804. The lowest BCUT2D eigenvalue weighted by atomic mass is 10.3. The van der Waals surface area contributed by atoms with Gasteiger partial charge in [-0.25, -0.2) is 5.10 Å². The Kier molecular flexibility index (Phi) is 3.82. The maximum atomic E-state index is 11.1. The molecule has 5 nitrogen and oxygen atoms in total. The van der Waals surface area contributed by atoms with E-state index in [1.807, 2.05) is 6.92 Å².